The van der Waals surface area contributed by atoms with Crippen LogP contribution in [0.25, 0.3) is 10.8 Å². The van der Waals surface area contributed by atoms with E-state index in [0.717, 1.165) is 6.21 Å². The van der Waals surface area contributed by atoms with Crippen LogP contribution in [0.3, 0.4) is 0 Å². The Morgan fingerprint density at radius 2 is 1.62 bits per heavy atom. The second-order valence-corrected chi connectivity index (χ2v) is 16.7. The molecule has 4 heterocycles. The first-order valence-electron chi connectivity index (χ1n) is 21.2. The average Bonchev–Trinajstić information content (AvgIpc) is 3.56. The predicted molar refractivity (Wildman–Crippen MR) is 244 cm³/mol. The van der Waals surface area contributed by atoms with Gasteiger partial charge >= 0.3 is 11.8 Å². The Hall–Kier alpha value is -7.02. The van der Waals surface area contributed by atoms with Gasteiger partial charge in [0.1, 0.15) is 29.1 Å². The molecule has 66 heavy (non-hydrogen) atoms. The van der Waals surface area contributed by atoms with E-state index in [4.69, 9.17) is 23.7 Å². The number of esters is 1. The highest BCUT2D eigenvalue weighted by Crippen LogP contribution is 2.55. The van der Waals surface area contributed by atoms with Crippen LogP contribution < -0.4 is 20.2 Å². The Bertz CT molecular complexity index is 2600. The van der Waals surface area contributed by atoms with Crippen LogP contribution in [0, 0.1) is 30.6 Å². The zero-order valence-corrected chi connectivity index (χ0v) is 38.0. The summed E-state index contributed by atoms with van der Waals surface area (Å²) in [6.45, 7) is 12.3. The second kappa shape index (κ2) is 20.0. The van der Waals surface area contributed by atoms with Gasteiger partial charge in [0, 0.05) is 67.2 Å². The fourth-order valence-corrected chi connectivity index (χ4v) is 8.08. The van der Waals surface area contributed by atoms with Crippen molar-refractivity contribution >= 4 is 46.2 Å². The second-order valence-electron chi connectivity index (χ2n) is 16.7. The Balaban J connectivity index is 1.47. The van der Waals surface area contributed by atoms with Gasteiger partial charge in [0.05, 0.1) is 53.0 Å². The molecule has 3 aliphatic rings. The summed E-state index contributed by atoms with van der Waals surface area (Å²) in [7, 11) is 1.42. The maximum Gasteiger partial charge on any atom is 0.312 e. The Morgan fingerprint density at radius 1 is 0.909 bits per heavy atom. The number of hydrazone groups is 1. The van der Waals surface area contributed by atoms with Gasteiger partial charge in [0.15, 0.2) is 11.6 Å². The number of aliphatic hydroxyl groups is 2. The third kappa shape index (κ3) is 9.80. The van der Waals surface area contributed by atoms with Crippen molar-refractivity contribution in [2.45, 2.75) is 85.6 Å². The number of amides is 1. The number of methoxy groups -OCH3 is 1. The van der Waals surface area contributed by atoms with Crippen molar-refractivity contribution in [2.24, 2.45) is 28.8 Å². The van der Waals surface area contributed by atoms with Crippen LogP contribution >= 0.6 is 0 Å². The molecule has 5 bridgehead atoms. The topological polar surface area (TPSA) is 261 Å². The summed E-state index contributed by atoms with van der Waals surface area (Å²) in [4.78, 5) is 40.7. The smallest absolute Gasteiger partial charge is 0.312 e. The summed E-state index contributed by atoms with van der Waals surface area (Å²) in [6.07, 6.45) is 4.37. The molecule has 4 aromatic rings. The summed E-state index contributed by atoms with van der Waals surface area (Å²) >= 11 is 0. The Morgan fingerprint density at radius 3 is 2.27 bits per heavy atom. The highest BCUT2D eigenvalue weighted by Gasteiger charge is 2.50. The Labute approximate surface area is 381 Å². The monoisotopic (exact) mass is 909 g/mol. The SMILES string of the molecule is COC1C=COC2(C)Oc3c(C)c(O)c4c(O)c(c(C=NNc5ccc(Oc6ccccc6)nn5)c(O)c4c3C2=O)NC(=O)C(C)=CC=CC(C)C(O)C(C)C(O)C(C)C(OC(C)=O)C1C. The zero-order valence-electron chi connectivity index (χ0n) is 38.0. The van der Waals surface area contributed by atoms with E-state index in [9.17, 15) is 39.9 Å². The number of aromatic nitrogens is 2. The van der Waals surface area contributed by atoms with E-state index in [2.05, 4.69) is 26.0 Å². The number of allylic oxidation sites excluding steroid dienone is 2. The predicted octanol–water partition coefficient (Wildman–Crippen LogP) is 6.78. The van der Waals surface area contributed by atoms with Crippen molar-refractivity contribution in [1.82, 2.24) is 10.2 Å². The molecule has 3 aromatic carbocycles. The van der Waals surface area contributed by atoms with E-state index >= 15 is 0 Å². The maximum atomic E-state index is 14.5. The third-order valence-electron chi connectivity index (χ3n) is 12.0. The van der Waals surface area contributed by atoms with Crippen LogP contribution in [0.15, 0.2) is 83.7 Å². The molecule has 1 aromatic heterocycles. The molecule has 0 aliphatic carbocycles. The molecule has 0 saturated heterocycles. The van der Waals surface area contributed by atoms with Gasteiger partial charge in [-0.1, -0.05) is 64.1 Å². The molecule has 0 spiro atoms. The van der Waals surface area contributed by atoms with E-state index < -0.39 is 88.8 Å². The lowest BCUT2D eigenvalue weighted by molar-refractivity contribution is -0.160. The van der Waals surface area contributed by atoms with Crippen LogP contribution in [0.5, 0.6) is 34.6 Å². The molecule has 7 rings (SSSR count). The molecule has 3 aliphatic heterocycles. The lowest BCUT2D eigenvalue weighted by Gasteiger charge is -2.38. The first-order chi connectivity index (χ1) is 31.3. The van der Waals surface area contributed by atoms with Gasteiger partial charge in [0.2, 0.25) is 5.88 Å². The van der Waals surface area contributed by atoms with Crippen molar-refractivity contribution < 1.29 is 63.6 Å². The van der Waals surface area contributed by atoms with Crippen molar-refractivity contribution in [1.29, 1.82) is 0 Å². The summed E-state index contributed by atoms with van der Waals surface area (Å²) in [6, 6.07) is 12.0. The quantitative estimate of drug-likeness (QED) is 0.0331. The fraction of sp³-hybridized carbons (Fsp3) is 0.375. The molecule has 18 nitrogen and oxygen atoms in total. The van der Waals surface area contributed by atoms with Crippen LogP contribution in [0.4, 0.5) is 11.5 Å². The van der Waals surface area contributed by atoms with Gasteiger partial charge in [0.25, 0.3) is 11.7 Å². The largest absolute Gasteiger partial charge is 0.507 e. The Kier molecular flexibility index (Phi) is 14.7. The maximum absolute atomic E-state index is 14.5. The van der Waals surface area contributed by atoms with Crippen LogP contribution in [-0.2, 0) is 23.8 Å². The molecule has 350 valence electrons. The number of rotatable bonds is 7. The lowest BCUT2D eigenvalue weighted by atomic mass is 9.78. The zero-order chi connectivity index (χ0) is 48.2. The van der Waals surface area contributed by atoms with E-state index in [1.165, 1.54) is 65.4 Å². The molecule has 18 heteroatoms. The van der Waals surface area contributed by atoms with Gasteiger partial charge in [-0.25, -0.2) is 0 Å². The number of benzene rings is 3. The molecule has 0 radical (unpaired) electrons. The minimum atomic E-state index is -2.10. The number of hydrogen-bond donors (Lipinski definition) is 7. The van der Waals surface area contributed by atoms with E-state index in [1.54, 1.807) is 64.1 Å². The number of anilines is 2. The highest BCUT2D eigenvalue weighted by atomic mass is 16.7. The molecular weight excluding hydrogens is 855 g/mol. The van der Waals surface area contributed by atoms with Crippen molar-refractivity contribution in [3.8, 4) is 34.6 Å². The normalized spacial score (nSPS) is 26.2. The number of nitrogens with zero attached hydrogens (tertiary/aromatic N) is 3. The average molecular weight is 910 g/mol. The fourth-order valence-electron chi connectivity index (χ4n) is 8.08. The molecule has 9 unspecified atom stereocenters. The number of nitrogens with one attached hydrogen (secondary N) is 2. The number of carbonyl (C=O) groups excluding carboxylic acids is 3. The summed E-state index contributed by atoms with van der Waals surface area (Å²) in [5, 5.41) is 72.8. The van der Waals surface area contributed by atoms with Gasteiger partial charge in [-0.05, 0) is 38.1 Å². The van der Waals surface area contributed by atoms with E-state index in [0.29, 0.717) is 5.75 Å². The minimum absolute atomic E-state index is 0.00732. The number of phenols is 3. The van der Waals surface area contributed by atoms with Crippen LogP contribution in [0.1, 0.15) is 70.0 Å². The van der Waals surface area contributed by atoms with Gasteiger partial charge in [-0.2, -0.15) is 5.10 Å². The first kappa shape index (κ1) is 48.4. The summed E-state index contributed by atoms with van der Waals surface area (Å²) in [5.41, 5.74) is 1.88. The van der Waals surface area contributed by atoms with Crippen LogP contribution in [0.2, 0.25) is 0 Å². The van der Waals surface area contributed by atoms with E-state index in [1.807, 2.05) is 6.07 Å². The number of ketones is 1. The molecule has 7 N–H and O–H groups in total. The van der Waals surface area contributed by atoms with Gasteiger partial charge < -0.3 is 54.5 Å². The number of hydrogen-bond acceptors (Lipinski definition) is 17. The molecular formula is C48H55N5O13. The van der Waals surface area contributed by atoms with E-state index in [-0.39, 0.29) is 56.2 Å². The van der Waals surface area contributed by atoms with Gasteiger partial charge in [-0.15, -0.1) is 10.2 Å². The highest BCUT2D eigenvalue weighted by molar-refractivity contribution is 6.24. The first-order valence-corrected chi connectivity index (χ1v) is 21.2. The number of fused-ring (bicyclic) bond motifs is 14. The standard InChI is InChI=1S/C48H55N5O13/c1-23-14-13-15-24(2)47(61)50-38-31(22-49-51-33-18-19-34(53-52-33)65-30-16-11-10-12-17-30)42(58)35-36(43(38)59)41(57)28(6)45-37(35)46(60)48(8,66-45)63-21-20-32(62-9)25(3)44(64-29(7)54)27(5)40(56)26(4)39(23)55/h10-23,25-27,32,39-40,44,55-59H,1-9H3,(H,50,61)(H,51,52). The lowest BCUT2D eigenvalue weighted by Crippen LogP contribution is -2.46. The summed E-state index contributed by atoms with van der Waals surface area (Å²) in [5.74, 6) is -8.11. The summed E-state index contributed by atoms with van der Waals surface area (Å²) < 4.78 is 29.3. The number of carbonyl (C=O) groups is 3. The van der Waals surface area contributed by atoms with Crippen molar-refractivity contribution in [3.63, 3.8) is 0 Å². The van der Waals surface area contributed by atoms with Gasteiger partial charge in [-0.3, -0.25) is 19.8 Å². The van der Waals surface area contributed by atoms with Crippen molar-refractivity contribution in [2.75, 3.05) is 17.9 Å². The molecule has 1 amide bonds. The number of Topliss-reactive ketones (excluding diaryl/α,β-unsaturated/α-hetero) is 1. The molecule has 0 fully saturated rings. The third-order valence-corrected chi connectivity index (χ3v) is 12.0. The number of para-hydroxylation sites is 1. The molecule has 9 atom stereocenters. The number of aliphatic hydroxyl groups excluding tert-OH is 2. The number of phenolic OH excluding ortho intramolecular Hbond substituents is 3. The number of ether oxygens (including phenoxy) is 5. The van der Waals surface area contributed by atoms with Crippen LogP contribution in [-0.4, -0.2) is 96.9 Å². The molecule has 0 saturated carbocycles. The minimum Gasteiger partial charge on any atom is -0.507 e. The number of aromatic hydroxyl groups is 3. The van der Waals surface area contributed by atoms with Crippen molar-refractivity contribution in [3.05, 3.63) is 95.3 Å².